The van der Waals surface area contributed by atoms with Gasteiger partial charge >= 0.3 is 5.97 Å². The van der Waals surface area contributed by atoms with E-state index in [0.29, 0.717) is 11.4 Å². The molecule has 0 saturated carbocycles. The van der Waals surface area contributed by atoms with Gasteiger partial charge in [-0.1, -0.05) is 12.1 Å². The van der Waals surface area contributed by atoms with Gasteiger partial charge in [0.2, 0.25) is 0 Å². The first kappa shape index (κ1) is 17.0. The van der Waals surface area contributed by atoms with Gasteiger partial charge in [-0.2, -0.15) is 5.26 Å². The number of nitriles is 1. The maximum atomic E-state index is 11.1. The molecular weight excluding hydrogens is 354 g/mol. The first-order valence-electron chi connectivity index (χ1n) is 7.21. The molecule has 0 unspecified atom stereocenters. The van der Waals surface area contributed by atoms with E-state index in [9.17, 15) is 10.1 Å². The fourth-order valence-electron chi connectivity index (χ4n) is 2.50. The van der Waals surface area contributed by atoms with Crippen LogP contribution in [-0.4, -0.2) is 22.3 Å². The molecule has 0 spiro atoms. The molecule has 0 saturated heterocycles. The number of aromatic nitrogens is 1. The molecule has 3 rings (SSSR count). The zero-order chi connectivity index (χ0) is 18.0. The molecule has 0 aliphatic carbocycles. The van der Waals surface area contributed by atoms with Crippen LogP contribution < -0.4 is 5.73 Å². The lowest BCUT2D eigenvalue weighted by atomic mass is 9.98. The third-order valence-electron chi connectivity index (χ3n) is 3.64. The highest BCUT2D eigenvalue weighted by molar-refractivity contribution is 8.00. The van der Waals surface area contributed by atoms with Gasteiger partial charge in [-0.3, -0.25) is 0 Å². The molecule has 0 atom stereocenters. The number of benzene rings is 1. The van der Waals surface area contributed by atoms with Crippen molar-refractivity contribution in [1.29, 1.82) is 5.26 Å². The zero-order valence-electron chi connectivity index (χ0n) is 13.2. The monoisotopic (exact) mass is 367 g/mol. The number of hydrogen-bond donors (Lipinski definition) is 2. The molecule has 0 aliphatic rings. The minimum atomic E-state index is -0.982. The number of nitrogen functional groups attached to an aromatic ring is 1. The number of nitrogens with zero attached hydrogens (tertiary/aromatic N) is 2. The van der Waals surface area contributed by atoms with Crippen LogP contribution in [0.25, 0.3) is 21.6 Å². The lowest BCUT2D eigenvalue weighted by Crippen LogP contribution is -1.95. The van der Waals surface area contributed by atoms with E-state index in [1.165, 1.54) is 23.1 Å². The molecule has 124 valence electrons. The first-order chi connectivity index (χ1) is 12.0. The molecule has 0 amide bonds. The first-order valence-corrected chi connectivity index (χ1v) is 9.25. The number of thiophene rings is 1. The predicted molar refractivity (Wildman–Crippen MR) is 101 cm³/mol. The van der Waals surface area contributed by atoms with Gasteiger partial charge in [0.1, 0.15) is 11.9 Å². The minimum Gasteiger partial charge on any atom is -0.478 e. The molecule has 7 heteroatoms. The van der Waals surface area contributed by atoms with Crippen molar-refractivity contribution in [1.82, 2.24) is 4.98 Å². The number of pyridine rings is 1. The highest BCUT2D eigenvalue weighted by Crippen LogP contribution is 2.46. The van der Waals surface area contributed by atoms with Crippen LogP contribution in [0.5, 0.6) is 0 Å². The number of carbonyl (C=O) groups is 1. The Morgan fingerprint density at radius 1 is 1.28 bits per heavy atom. The maximum Gasteiger partial charge on any atom is 0.335 e. The number of hydrogen-bond acceptors (Lipinski definition) is 6. The molecule has 5 nitrogen and oxygen atoms in total. The average molecular weight is 367 g/mol. The molecule has 0 radical (unpaired) electrons. The fraction of sp³-hybridized carbons (Fsp3) is 0.0556. The van der Waals surface area contributed by atoms with Crippen molar-refractivity contribution in [3.05, 3.63) is 53.7 Å². The summed E-state index contributed by atoms with van der Waals surface area (Å²) in [5, 5.41) is 18.7. The number of rotatable bonds is 4. The molecule has 2 aromatic heterocycles. The summed E-state index contributed by atoms with van der Waals surface area (Å²) < 4.78 is 0.908. The second-order valence-corrected chi connectivity index (χ2v) is 7.23. The molecule has 0 fully saturated rings. The molecular formula is C18H13N3O2S2. The largest absolute Gasteiger partial charge is 0.478 e. The van der Waals surface area contributed by atoms with Crippen molar-refractivity contribution in [3.63, 3.8) is 0 Å². The summed E-state index contributed by atoms with van der Waals surface area (Å²) in [6, 6.07) is 12.4. The molecule has 3 aromatic rings. The second kappa shape index (κ2) is 6.97. The minimum absolute atomic E-state index is 0.206. The van der Waals surface area contributed by atoms with E-state index in [1.54, 1.807) is 36.5 Å². The number of carboxylic acids is 1. The van der Waals surface area contributed by atoms with Crippen molar-refractivity contribution < 1.29 is 9.90 Å². The number of carboxylic acid groups (broad SMARTS) is 1. The van der Waals surface area contributed by atoms with Crippen LogP contribution >= 0.6 is 23.1 Å². The Hall–Kier alpha value is -2.82. The quantitative estimate of drug-likeness (QED) is 0.665. The number of nitrogens with two attached hydrogens (primary N) is 1. The van der Waals surface area contributed by atoms with E-state index in [2.05, 4.69) is 11.1 Å². The second-order valence-electron chi connectivity index (χ2n) is 5.14. The van der Waals surface area contributed by atoms with Crippen LogP contribution in [0, 0.1) is 11.3 Å². The van der Waals surface area contributed by atoms with Crippen molar-refractivity contribution in [2.45, 2.75) is 4.21 Å². The van der Waals surface area contributed by atoms with Gasteiger partial charge in [-0.25, -0.2) is 9.78 Å². The number of thioether (sulfide) groups is 1. The molecule has 25 heavy (non-hydrogen) atoms. The van der Waals surface area contributed by atoms with Crippen molar-refractivity contribution in [2.24, 2.45) is 0 Å². The van der Waals surface area contributed by atoms with E-state index in [-0.39, 0.29) is 5.56 Å². The summed E-state index contributed by atoms with van der Waals surface area (Å²) in [7, 11) is 0. The van der Waals surface area contributed by atoms with Gasteiger partial charge in [0.05, 0.1) is 15.3 Å². The maximum absolute atomic E-state index is 11.1. The van der Waals surface area contributed by atoms with Gasteiger partial charge in [0.25, 0.3) is 0 Å². The van der Waals surface area contributed by atoms with Crippen LogP contribution in [0.15, 0.2) is 46.8 Å². The Bertz CT molecular complexity index is 989. The Labute approximate surface area is 152 Å². The summed E-state index contributed by atoms with van der Waals surface area (Å²) in [5.74, 6) is -0.577. The standard InChI is InChI=1S/C18H13N3O2S2/c1-24-18-13(9-19)15(10-2-4-11(5-3-10)17(22)23)16(25-18)12-6-7-21-14(20)8-12/h2-8H,1H3,(H2,20,21)(H,22,23). The lowest BCUT2D eigenvalue weighted by Gasteiger charge is -2.06. The third-order valence-corrected chi connectivity index (χ3v) is 6.00. The van der Waals surface area contributed by atoms with Crippen LogP contribution in [0.4, 0.5) is 5.82 Å². The van der Waals surface area contributed by atoms with Crippen LogP contribution in [0.1, 0.15) is 15.9 Å². The summed E-state index contributed by atoms with van der Waals surface area (Å²) in [5.41, 5.74) is 9.07. The molecule has 2 heterocycles. The summed E-state index contributed by atoms with van der Waals surface area (Å²) in [4.78, 5) is 16.0. The van der Waals surface area contributed by atoms with Crippen molar-refractivity contribution in [2.75, 3.05) is 12.0 Å². The summed E-state index contributed by atoms with van der Waals surface area (Å²) in [6.07, 6.45) is 3.56. The Kier molecular flexibility index (Phi) is 4.74. The average Bonchev–Trinajstić information content (AvgIpc) is 3.00. The molecule has 1 aromatic carbocycles. The van der Waals surface area contributed by atoms with Gasteiger partial charge in [0.15, 0.2) is 0 Å². The summed E-state index contributed by atoms with van der Waals surface area (Å²) in [6.45, 7) is 0. The highest BCUT2D eigenvalue weighted by atomic mass is 32.2. The Morgan fingerprint density at radius 3 is 2.56 bits per heavy atom. The lowest BCUT2D eigenvalue weighted by molar-refractivity contribution is 0.0697. The SMILES string of the molecule is CSc1sc(-c2ccnc(N)c2)c(-c2ccc(C(=O)O)cc2)c1C#N. The topological polar surface area (TPSA) is 100 Å². The van der Waals surface area contributed by atoms with Gasteiger partial charge < -0.3 is 10.8 Å². The molecule has 3 N–H and O–H groups in total. The smallest absolute Gasteiger partial charge is 0.335 e. The number of anilines is 1. The normalized spacial score (nSPS) is 10.4. The van der Waals surface area contributed by atoms with E-state index in [1.807, 2.05) is 12.3 Å². The van der Waals surface area contributed by atoms with Gasteiger partial charge in [-0.15, -0.1) is 23.1 Å². The molecule has 0 bridgehead atoms. The van der Waals surface area contributed by atoms with Crippen molar-refractivity contribution >= 4 is 34.9 Å². The van der Waals surface area contributed by atoms with E-state index < -0.39 is 5.97 Å². The highest BCUT2D eigenvalue weighted by Gasteiger charge is 2.21. The van der Waals surface area contributed by atoms with Crippen molar-refractivity contribution in [3.8, 4) is 27.6 Å². The fourth-order valence-corrected chi connectivity index (χ4v) is 4.44. The van der Waals surface area contributed by atoms with E-state index in [0.717, 1.165) is 25.8 Å². The summed E-state index contributed by atoms with van der Waals surface area (Å²) >= 11 is 3.03. The van der Waals surface area contributed by atoms with Gasteiger partial charge in [-0.05, 0) is 41.6 Å². The Balaban J connectivity index is 2.25. The molecule has 0 aliphatic heterocycles. The number of aromatic carboxylic acids is 1. The van der Waals surface area contributed by atoms with Crippen LogP contribution in [0.2, 0.25) is 0 Å². The van der Waals surface area contributed by atoms with Crippen LogP contribution in [-0.2, 0) is 0 Å². The van der Waals surface area contributed by atoms with Crippen LogP contribution in [0.3, 0.4) is 0 Å². The predicted octanol–water partition coefficient (Wildman–Crippen LogP) is 4.35. The Morgan fingerprint density at radius 2 is 2.00 bits per heavy atom. The van der Waals surface area contributed by atoms with Gasteiger partial charge in [0, 0.05) is 16.6 Å². The van der Waals surface area contributed by atoms with E-state index >= 15 is 0 Å². The zero-order valence-corrected chi connectivity index (χ0v) is 14.8. The van der Waals surface area contributed by atoms with E-state index in [4.69, 9.17) is 10.8 Å². The third kappa shape index (κ3) is 3.22.